The lowest BCUT2D eigenvalue weighted by atomic mass is 10.8. The van der Waals surface area contributed by atoms with E-state index >= 15 is 0 Å². The molecule has 0 radical (unpaired) electrons. The van der Waals surface area contributed by atoms with E-state index < -0.39 is 7.60 Å². The molecule has 0 unspecified atom stereocenters. The van der Waals surface area contributed by atoms with Gasteiger partial charge in [0.05, 0.1) is 6.16 Å². The van der Waals surface area contributed by atoms with Gasteiger partial charge in [-0.15, -0.1) is 32.3 Å². The maximum atomic E-state index is 9.85. The van der Waals surface area contributed by atoms with Gasteiger partial charge in [-0.05, 0) is 0 Å². The zero-order valence-corrected chi connectivity index (χ0v) is 6.95. The van der Waals surface area contributed by atoms with Gasteiger partial charge in [-0.3, -0.25) is 4.57 Å². The van der Waals surface area contributed by atoms with Gasteiger partial charge in [-0.25, -0.2) is 0 Å². The highest BCUT2D eigenvalue weighted by atomic mass is 31.2. The van der Waals surface area contributed by atoms with Crippen molar-refractivity contribution in [1.29, 1.82) is 0 Å². The quantitative estimate of drug-likeness (QED) is 0.370. The van der Waals surface area contributed by atoms with Crippen molar-refractivity contribution >= 4 is 7.60 Å². The largest absolute Gasteiger partial charge is 0.329 e. The van der Waals surface area contributed by atoms with Crippen LogP contribution in [0.5, 0.6) is 0 Å². The Balaban J connectivity index is -0.000000138. The second kappa shape index (κ2) is 11.8. The molecule has 0 saturated heterocycles. The zero-order valence-electron chi connectivity index (χ0n) is 6.05. The summed E-state index contributed by atoms with van der Waals surface area (Å²) in [6.07, 6.45) is 17.0. The van der Waals surface area contributed by atoms with Crippen LogP contribution in [0, 0.1) is 25.7 Å². The molecule has 0 bridgehead atoms. The smallest absolute Gasteiger partial charge is 0.324 e. The van der Waals surface area contributed by atoms with Crippen molar-refractivity contribution in [3.05, 3.63) is 12.7 Å². The van der Waals surface area contributed by atoms with Gasteiger partial charge in [0.1, 0.15) is 0 Å². The minimum atomic E-state index is -3.78. The van der Waals surface area contributed by atoms with E-state index in [2.05, 4.69) is 32.3 Å². The van der Waals surface area contributed by atoms with E-state index in [0.29, 0.717) is 0 Å². The molecule has 0 aliphatic heterocycles. The Hall–Kier alpha value is -0.990. The van der Waals surface area contributed by atoms with E-state index in [9.17, 15) is 4.57 Å². The average Bonchev–Trinajstić information content (AvgIpc) is 1.94. The number of terminal acetylenes is 2. The molecular formula is C7H11O3P. The minimum absolute atomic E-state index is 0.229. The molecular weight excluding hydrogens is 163 g/mol. The van der Waals surface area contributed by atoms with Crippen LogP contribution in [-0.2, 0) is 4.57 Å². The van der Waals surface area contributed by atoms with E-state index in [1.165, 1.54) is 6.08 Å². The van der Waals surface area contributed by atoms with E-state index in [1.54, 1.807) is 0 Å². The Morgan fingerprint density at radius 2 is 1.55 bits per heavy atom. The molecule has 0 saturated carbocycles. The molecule has 0 aliphatic carbocycles. The van der Waals surface area contributed by atoms with Gasteiger partial charge in [0, 0.05) is 0 Å². The maximum Gasteiger partial charge on any atom is 0.329 e. The number of hydrogen-bond acceptors (Lipinski definition) is 1. The predicted molar refractivity (Wildman–Crippen MR) is 46.9 cm³/mol. The van der Waals surface area contributed by atoms with Gasteiger partial charge in [0.2, 0.25) is 0 Å². The normalized spacial score (nSPS) is 7.45. The standard InChI is InChI=1S/C3H7O3P.2C2H2/c1-2-3-7(4,5)6;2*1-2/h2H,1,3H2,(H2,4,5,6);2*1-2H. The lowest BCUT2D eigenvalue weighted by Crippen LogP contribution is -1.78. The van der Waals surface area contributed by atoms with Gasteiger partial charge in [0.25, 0.3) is 0 Å². The molecule has 0 amide bonds. The first-order valence-corrected chi connectivity index (χ1v) is 4.18. The second-order valence-corrected chi connectivity index (χ2v) is 2.83. The Labute approximate surface area is 67.3 Å². The molecule has 11 heavy (non-hydrogen) atoms. The van der Waals surface area contributed by atoms with Gasteiger partial charge in [0.15, 0.2) is 0 Å². The predicted octanol–water partition coefficient (Wildman–Crippen LogP) is 0.849. The first kappa shape index (κ1) is 16.5. The average molecular weight is 174 g/mol. The van der Waals surface area contributed by atoms with Crippen LogP contribution in [0.25, 0.3) is 0 Å². The van der Waals surface area contributed by atoms with Crippen molar-refractivity contribution < 1.29 is 14.4 Å². The fourth-order valence-corrected chi connectivity index (χ4v) is 0.505. The highest BCUT2D eigenvalue weighted by Crippen LogP contribution is 2.33. The van der Waals surface area contributed by atoms with Crippen LogP contribution >= 0.6 is 7.60 Å². The molecule has 0 spiro atoms. The molecule has 0 aromatic carbocycles. The summed E-state index contributed by atoms with van der Waals surface area (Å²) in [7, 11) is -3.78. The number of hydrogen-bond donors (Lipinski definition) is 2. The van der Waals surface area contributed by atoms with Crippen LogP contribution in [0.15, 0.2) is 12.7 Å². The Bertz CT molecular complexity index is 157. The molecule has 0 rings (SSSR count). The summed E-state index contributed by atoms with van der Waals surface area (Å²) in [6.45, 7) is 3.15. The van der Waals surface area contributed by atoms with Crippen molar-refractivity contribution in [3.8, 4) is 25.7 Å². The minimum Gasteiger partial charge on any atom is -0.324 e. The first-order chi connectivity index (χ1) is 5.06. The van der Waals surface area contributed by atoms with Crippen LogP contribution in [-0.4, -0.2) is 15.9 Å². The van der Waals surface area contributed by atoms with Crippen LogP contribution in [0.4, 0.5) is 0 Å². The molecule has 0 aromatic rings. The van der Waals surface area contributed by atoms with Crippen molar-refractivity contribution in [2.45, 2.75) is 0 Å². The van der Waals surface area contributed by atoms with Gasteiger partial charge < -0.3 is 9.79 Å². The highest BCUT2D eigenvalue weighted by molar-refractivity contribution is 7.51. The van der Waals surface area contributed by atoms with Crippen LogP contribution in [0.2, 0.25) is 0 Å². The van der Waals surface area contributed by atoms with Gasteiger partial charge in [-0.2, -0.15) is 0 Å². The zero-order chi connectivity index (χ0) is 9.91. The fourth-order valence-electron chi connectivity index (χ4n) is 0.168. The van der Waals surface area contributed by atoms with E-state index in [4.69, 9.17) is 9.79 Å². The maximum absolute atomic E-state index is 9.85. The van der Waals surface area contributed by atoms with E-state index in [1.807, 2.05) is 0 Å². The van der Waals surface area contributed by atoms with Crippen molar-refractivity contribution in [2.75, 3.05) is 6.16 Å². The first-order valence-electron chi connectivity index (χ1n) is 2.38. The van der Waals surface area contributed by atoms with Crippen molar-refractivity contribution in [2.24, 2.45) is 0 Å². The lowest BCUT2D eigenvalue weighted by Gasteiger charge is -1.94. The molecule has 0 atom stereocenters. The molecule has 2 N–H and O–H groups in total. The topological polar surface area (TPSA) is 57.5 Å². The SMILES string of the molecule is C#C.C#C.C=CCP(=O)(O)O. The Morgan fingerprint density at radius 3 is 1.55 bits per heavy atom. The van der Waals surface area contributed by atoms with E-state index in [-0.39, 0.29) is 6.16 Å². The molecule has 0 heterocycles. The fraction of sp³-hybridized carbons (Fsp3) is 0.143. The summed E-state index contributed by atoms with van der Waals surface area (Å²) in [6, 6.07) is 0. The summed E-state index contributed by atoms with van der Waals surface area (Å²) in [4.78, 5) is 16.1. The third-order valence-electron chi connectivity index (χ3n) is 0.367. The lowest BCUT2D eigenvalue weighted by molar-refractivity contribution is 0.377. The molecule has 62 valence electrons. The summed E-state index contributed by atoms with van der Waals surface area (Å²) in [5, 5.41) is 0. The molecule has 0 aromatic heterocycles. The molecule has 3 nitrogen and oxygen atoms in total. The van der Waals surface area contributed by atoms with Gasteiger partial charge >= 0.3 is 7.60 Å². The summed E-state index contributed by atoms with van der Waals surface area (Å²) in [5.74, 6) is 0. The monoisotopic (exact) mass is 174 g/mol. The number of rotatable bonds is 2. The summed E-state index contributed by atoms with van der Waals surface area (Å²) in [5.41, 5.74) is 0. The third kappa shape index (κ3) is 48.9. The summed E-state index contributed by atoms with van der Waals surface area (Å²) >= 11 is 0. The Kier molecular flexibility index (Phi) is 17.7. The molecule has 4 heteroatoms. The van der Waals surface area contributed by atoms with Gasteiger partial charge in [-0.1, -0.05) is 6.08 Å². The number of allylic oxidation sites excluding steroid dienone is 1. The highest BCUT2D eigenvalue weighted by Gasteiger charge is 2.06. The molecule has 0 fully saturated rings. The summed E-state index contributed by atoms with van der Waals surface area (Å²) < 4.78 is 9.85. The van der Waals surface area contributed by atoms with Crippen molar-refractivity contribution in [1.82, 2.24) is 0 Å². The second-order valence-electron chi connectivity index (χ2n) is 1.14. The van der Waals surface area contributed by atoms with Crippen LogP contribution in [0.3, 0.4) is 0 Å². The van der Waals surface area contributed by atoms with E-state index in [0.717, 1.165) is 0 Å². The molecule has 0 aliphatic rings. The van der Waals surface area contributed by atoms with Crippen LogP contribution < -0.4 is 0 Å². The Morgan fingerprint density at radius 1 is 1.27 bits per heavy atom. The van der Waals surface area contributed by atoms with Crippen LogP contribution in [0.1, 0.15) is 0 Å². The third-order valence-corrected chi connectivity index (χ3v) is 1.10. The van der Waals surface area contributed by atoms with Crippen molar-refractivity contribution in [3.63, 3.8) is 0 Å².